The fraction of sp³-hybridized carbons (Fsp3) is 0.107. The zero-order chi connectivity index (χ0) is 22.2. The summed E-state index contributed by atoms with van der Waals surface area (Å²) in [5.41, 5.74) is 3.98. The average Bonchev–Trinajstić information content (AvgIpc) is 3.24. The first kappa shape index (κ1) is 21.2. The highest BCUT2D eigenvalue weighted by Gasteiger charge is 2.29. The molecule has 0 amide bonds. The Morgan fingerprint density at radius 2 is 1.50 bits per heavy atom. The molecule has 4 heteroatoms. The molecule has 0 N–H and O–H groups in total. The molecular weight excluding hydrogens is 398 g/mol. The maximum Gasteiger partial charge on any atom is 0.364 e. The third kappa shape index (κ3) is 4.98. The van der Waals surface area contributed by atoms with Crippen molar-refractivity contribution in [1.82, 2.24) is 0 Å². The van der Waals surface area contributed by atoms with E-state index in [9.17, 15) is 9.59 Å². The number of rotatable bonds is 8. The molecule has 3 aromatic carbocycles. The number of aldehydes is 1. The number of allylic oxidation sites excluding steroid dienone is 3. The maximum atomic E-state index is 12.9. The smallest absolute Gasteiger partial charge is 0.364 e. The molecule has 4 nitrogen and oxygen atoms in total. The van der Waals surface area contributed by atoms with E-state index >= 15 is 0 Å². The lowest BCUT2D eigenvalue weighted by Crippen LogP contribution is -2.07. The predicted molar refractivity (Wildman–Crippen MR) is 126 cm³/mol. The van der Waals surface area contributed by atoms with E-state index < -0.39 is 5.97 Å². The van der Waals surface area contributed by atoms with Gasteiger partial charge in [0.2, 0.25) is 5.90 Å². The Bertz CT molecular complexity index is 1160. The van der Waals surface area contributed by atoms with E-state index in [-0.39, 0.29) is 5.92 Å². The summed E-state index contributed by atoms with van der Waals surface area (Å²) in [6.45, 7) is 0. The molecule has 1 aliphatic rings. The summed E-state index contributed by atoms with van der Waals surface area (Å²) < 4.78 is 5.54. The number of aliphatic imine (C=N–C) groups is 1. The van der Waals surface area contributed by atoms with Crippen LogP contribution in [-0.4, -0.2) is 18.2 Å². The van der Waals surface area contributed by atoms with Crippen molar-refractivity contribution in [3.8, 4) is 0 Å². The van der Waals surface area contributed by atoms with Crippen LogP contribution in [-0.2, 0) is 14.3 Å². The molecule has 0 unspecified atom stereocenters. The van der Waals surface area contributed by atoms with Gasteiger partial charge in [-0.1, -0.05) is 84.9 Å². The van der Waals surface area contributed by atoms with Gasteiger partial charge in [0.15, 0.2) is 5.70 Å². The highest BCUT2D eigenvalue weighted by Crippen LogP contribution is 2.36. The number of cyclic esters (lactones) is 1. The lowest BCUT2D eigenvalue weighted by atomic mass is 9.86. The summed E-state index contributed by atoms with van der Waals surface area (Å²) in [6.07, 6.45) is 5.40. The lowest BCUT2D eigenvalue weighted by Gasteiger charge is -2.19. The molecule has 0 radical (unpaired) electrons. The van der Waals surface area contributed by atoms with Gasteiger partial charge in [0.25, 0.3) is 0 Å². The number of carbonyl (C=O) groups excluding carboxylic acids is 2. The Balaban J connectivity index is 1.78. The van der Waals surface area contributed by atoms with Gasteiger partial charge in [-0.05, 0) is 53.7 Å². The van der Waals surface area contributed by atoms with Crippen LogP contribution in [0.15, 0.2) is 114 Å². The number of benzene rings is 3. The van der Waals surface area contributed by atoms with Gasteiger partial charge < -0.3 is 4.74 Å². The van der Waals surface area contributed by atoms with E-state index in [0.29, 0.717) is 24.4 Å². The quantitative estimate of drug-likeness (QED) is 0.266. The minimum atomic E-state index is -0.446. The van der Waals surface area contributed by atoms with Crippen LogP contribution in [0.25, 0.3) is 5.57 Å². The van der Waals surface area contributed by atoms with E-state index in [2.05, 4.69) is 17.1 Å². The van der Waals surface area contributed by atoms with Crippen LogP contribution in [0, 0.1) is 0 Å². The van der Waals surface area contributed by atoms with E-state index in [1.165, 1.54) is 6.08 Å². The number of hydrogen-bond acceptors (Lipinski definition) is 4. The molecule has 4 rings (SSSR count). The second-order valence-electron chi connectivity index (χ2n) is 7.48. The summed E-state index contributed by atoms with van der Waals surface area (Å²) >= 11 is 0. The zero-order valence-electron chi connectivity index (χ0n) is 17.6. The van der Waals surface area contributed by atoms with Crippen LogP contribution in [0.5, 0.6) is 0 Å². The topological polar surface area (TPSA) is 55.7 Å². The first-order chi connectivity index (χ1) is 15.8. The summed E-state index contributed by atoms with van der Waals surface area (Å²) in [5, 5.41) is 0. The van der Waals surface area contributed by atoms with Crippen molar-refractivity contribution in [3.63, 3.8) is 0 Å². The number of hydrogen-bond donors (Lipinski definition) is 0. The van der Waals surface area contributed by atoms with Crippen LogP contribution in [0.4, 0.5) is 0 Å². The fourth-order valence-corrected chi connectivity index (χ4v) is 3.80. The number of nitrogens with zero attached hydrogens (tertiary/aromatic N) is 1. The van der Waals surface area contributed by atoms with Crippen molar-refractivity contribution >= 4 is 23.7 Å². The monoisotopic (exact) mass is 421 g/mol. The maximum absolute atomic E-state index is 12.9. The van der Waals surface area contributed by atoms with Gasteiger partial charge in [-0.3, -0.25) is 4.79 Å². The minimum absolute atomic E-state index is 0.0684. The third-order valence-electron chi connectivity index (χ3n) is 5.38. The van der Waals surface area contributed by atoms with Gasteiger partial charge in [0, 0.05) is 5.56 Å². The first-order valence-electron chi connectivity index (χ1n) is 10.6. The second-order valence-corrected chi connectivity index (χ2v) is 7.48. The van der Waals surface area contributed by atoms with Crippen molar-refractivity contribution in [2.45, 2.75) is 18.8 Å². The highest BCUT2D eigenvalue weighted by atomic mass is 16.6. The molecule has 1 aliphatic heterocycles. The van der Waals surface area contributed by atoms with Gasteiger partial charge in [-0.15, -0.1) is 0 Å². The molecule has 1 heterocycles. The third-order valence-corrected chi connectivity index (χ3v) is 5.38. The summed E-state index contributed by atoms with van der Waals surface area (Å²) in [6, 6.07) is 29.3. The molecule has 0 bridgehead atoms. The number of ether oxygens (including phenoxy) is 1. The normalized spacial score (nSPS) is 15.9. The largest absolute Gasteiger partial charge is 0.402 e. The van der Waals surface area contributed by atoms with Crippen LogP contribution in [0.1, 0.15) is 35.4 Å². The van der Waals surface area contributed by atoms with Gasteiger partial charge >= 0.3 is 5.97 Å². The Kier molecular flexibility index (Phi) is 6.83. The van der Waals surface area contributed by atoms with E-state index in [0.717, 1.165) is 28.5 Å². The molecular formula is C28H23NO3. The molecule has 3 aromatic rings. The van der Waals surface area contributed by atoms with E-state index in [1.54, 1.807) is 0 Å². The fourth-order valence-electron chi connectivity index (χ4n) is 3.80. The van der Waals surface area contributed by atoms with Crippen molar-refractivity contribution in [3.05, 3.63) is 126 Å². The zero-order valence-corrected chi connectivity index (χ0v) is 17.6. The molecule has 0 fully saturated rings. The van der Waals surface area contributed by atoms with E-state index in [4.69, 9.17) is 4.74 Å². The standard InChI is InChI=1S/C28H23NO3/c30-19-11-10-18-24(21-12-4-1-5-13-21)20-25(22-14-6-2-7-15-22)26-28(31)32-27(29-26)23-16-8-3-9-17-23/h1-17,19,24H,18,20H2/b11-10+,26-25+/t24-/m1/s1. The Labute approximate surface area is 187 Å². The van der Waals surface area contributed by atoms with Crippen LogP contribution in [0.2, 0.25) is 0 Å². The van der Waals surface area contributed by atoms with Crippen molar-refractivity contribution in [2.75, 3.05) is 0 Å². The summed E-state index contributed by atoms with van der Waals surface area (Å²) in [7, 11) is 0. The molecule has 0 aromatic heterocycles. The summed E-state index contributed by atoms with van der Waals surface area (Å²) in [4.78, 5) is 28.3. The van der Waals surface area contributed by atoms with Crippen molar-refractivity contribution < 1.29 is 14.3 Å². The molecule has 32 heavy (non-hydrogen) atoms. The molecule has 0 saturated carbocycles. The molecule has 0 spiro atoms. The van der Waals surface area contributed by atoms with Crippen LogP contribution in [0.3, 0.4) is 0 Å². The molecule has 0 aliphatic carbocycles. The predicted octanol–water partition coefficient (Wildman–Crippen LogP) is 5.72. The number of esters is 1. The molecule has 1 atom stereocenters. The Hall–Kier alpha value is -4.05. The highest BCUT2D eigenvalue weighted by molar-refractivity contribution is 6.14. The Morgan fingerprint density at radius 1 is 0.875 bits per heavy atom. The van der Waals surface area contributed by atoms with Gasteiger partial charge in [-0.2, -0.15) is 0 Å². The molecule has 158 valence electrons. The second kappa shape index (κ2) is 10.3. The lowest BCUT2D eigenvalue weighted by molar-refractivity contribution is -0.130. The first-order valence-corrected chi connectivity index (χ1v) is 10.6. The Morgan fingerprint density at radius 3 is 2.16 bits per heavy atom. The number of carbonyl (C=O) groups is 2. The van der Waals surface area contributed by atoms with Gasteiger partial charge in [0.1, 0.15) is 6.29 Å². The average molecular weight is 421 g/mol. The van der Waals surface area contributed by atoms with Crippen LogP contribution >= 0.6 is 0 Å². The summed E-state index contributed by atoms with van der Waals surface area (Å²) in [5.74, 6) is -0.0621. The van der Waals surface area contributed by atoms with Gasteiger partial charge in [-0.25, -0.2) is 9.79 Å². The van der Waals surface area contributed by atoms with Crippen molar-refractivity contribution in [1.29, 1.82) is 0 Å². The van der Waals surface area contributed by atoms with E-state index in [1.807, 2.05) is 84.9 Å². The van der Waals surface area contributed by atoms with Gasteiger partial charge in [0.05, 0.1) is 0 Å². The minimum Gasteiger partial charge on any atom is -0.402 e. The van der Waals surface area contributed by atoms with Crippen LogP contribution < -0.4 is 0 Å². The molecule has 0 saturated heterocycles. The van der Waals surface area contributed by atoms with Crippen molar-refractivity contribution in [2.24, 2.45) is 4.99 Å². The SMILES string of the molecule is O=C/C=C/C[C@H](C/C(=C1\N=C(c2ccccc2)OC1=O)c1ccccc1)c1ccccc1.